The van der Waals surface area contributed by atoms with Crippen molar-refractivity contribution in [3.05, 3.63) is 94.0 Å². The van der Waals surface area contributed by atoms with E-state index in [9.17, 15) is 9.59 Å². The number of carbonyl (C=O) groups is 2. The number of hydrogen-bond acceptors (Lipinski definition) is 4. The van der Waals surface area contributed by atoms with Gasteiger partial charge in [-0.05, 0) is 56.7 Å². The zero-order valence-corrected chi connectivity index (χ0v) is 21.1. The first-order chi connectivity index (χ1) is 16.2. The highest BCUT2D eigenvalue weighted by Crippen LogP contribution is 2.31. The van der Waals surface area contributed by atoms with Gasteiger partial charge in [-0.1, -0.05) is 69.3 Å². The second-order valence-corrected chi connectivity index (χ2v) is 9.62. The first kappa shape index (κ1) is 25.3. The molecule has 0 fully saturated rings. The summed E-state index contributed by atoms with van der Waals surface area (Å²) in [6.07, 6.45) is 0.719. The first-order valence-electron chi connectivity index (χ1n) is 11.0. The van der Waals surface area contributed by atoms with Gasteiger partial charge in [-0.25, -0.2) is 0 Å². The number of hydrogen-bond donors (Lipinski definition) is 2. The summed E-state index contributed by atoms with van der Waals surface area (Å²) in [4.78, 5) is 24.8. The summed E-state index contributed by atoms with van der Waals surface area (Å²) in [6, 6.07) is 22.6. The second kappa shape index (κ2) is 11.7. The van der Waals surface area contributed by atoms with Gasteiger partial charge >= 0.3 is 0 Å². The van der Waals surface area contributed by atoms with Crippen LogP contribution in [0.25, 0.3) is 0 Å². The molecule has 0 saturated heterocycles. The second-order valence-electron chi connectivity index (χ2n) is 8.77. The summed E-state index contributed by atoms with van der Waals surface area (Å²) in [6.45, 7) is 6.55. The minimum atomic E-state index is -0.484. The molecule has 2 N–H and O–H groups in total. The normalized spacial score (nSPS) is 10.9. The van der Waals surface area contributed by atoms with E-state index in [1.165, 1.54) is 0 Å². The lowest BCUT2D eigenvalue weighted by molar-refractivity contribution is -0.123. The maximum absolute atomic E-state index is 12.6. The summed E-state index contributed by atoms with van der Waals surface area (Å²) in [7, 11) is 0. The van der Waals surface area contributed by atoms with E-state index >= 15 is 0 Å². The molecule has 34 heavy (non-hydrogen) atoms. The molecule has 3 rings (SSSR count). The van der Waals surface area contributed by atoms with E-state index < -0.39 is 11.8 Å². The third-order valence-corrected chi connectivity index (χ3v) is 5.71. The number of ether oxygens (including phenoxy) is 2. The SMILES string of the molecule is CC(C)(C)c1ccc(OCC(=O)NNC(=O)c2ccccc2OCCc2ccccc2)c(Br)c1. The number of benzene rings is 3. The molecule has 7 heteroatoms. The van der Waals surface area contributed by atoms with Crippen molar-refractivity contribution >= 4 is 27.7 Å². The molecule has 3 aromatic carbocycles. The minimum Gasteiger partial charge on any atom is -0.492 e. The highest BCUT2D eigenvalue weighted by atomic mass is 79.9. The molecule has 3 aromatic rings. The monoisotopic (exact) mass is 524 g/mol. The lowest BCUT2D eigenvalue weighted by atomic mass is 9.87. The lowest BCUT2D eigenvalue weighted by Crippen LogP contribution is -2.44. The van der Waals surface area contributed by atoms with Crippen LogP contribution in [0.15, 0.2) is 77.3 Å². The van der Waals surface area contributed by atoms with Gasteiger partial charge in [0.1, 0.15) is 11.5 Å². The Hall–Kier alpha value is -3.32. The van der Waals surface area contributed by atoms with E-state index in [1.807, 2.05) is 48.5 Å². The van der Waals surface area contributed by atoms with Crippen LogP contribution in [0.4, 0.5) is 0 Å². The largest absolute Gasteiger partial charge is 0.492 e. The maximum Gasteiger partial charge on any atom is 0.276 e. The van der Waals surface area contributed by atoms with Crippen molar-refractivity contribution in [1.29, 1.82) is 0 Å². The quantitative estimate of drug-likeness (QED) is 0.396. The van der Waals surface area contributed by atoms with Gasteiger partial charge in [0, 0.05) is 6.42 Å². The van der Waals surface area contributed by atoms with Gasteiger partial charge < -0.3 is 9.47 Å². The minimum absolute atomic E-state index is 0.00423. The summed E-state index contributed by atoms with van der Waals surface area (Å²) < 4.78 is 12.2. The molecule has 0 spiro atoms. The summed E-state index contributed by atoms with van der Waals surface area (Å²) in [5, 5.41) is 0. The van der Waals surface area contributed by atoms with Gasteiger partial charge in [0.2, 0.25) is 0 Å². The van der Waals surface area contributed by atoms with E-state index in [0.29, 0.717) is 23.7 Å². The Kier molecular flexibility index (Phi) is 8.71. The molecule has 0 unspecified atom stereocenters. The smallest absolute Gasteiger partial charge is 0.276 e. The van der Waals surface area contributed by atoms with Gasteiger partial charge in [-0.3, -0.25) is 20.4 Å². The molecule has 6 nitrogen and oxygen atoms in total. The van der Waals surface area contributed by atoms with E-state index in [1.54, 1.807) is 24.3 Å². The maximum atomic E-state index is 12.6. The average molecular weight is 525 g/mol. The van der Waals surface area contributed by atoms with Crippen molar-refractivity contribution in [2.45, 2.75) is 32.6 Å². The fraction of sp³-hybridized carbons (Fsp3) is 0.259. The first-order valence-corrected chi connectivity index (χ1v) is 11.8. The van der Waals surface area contributed by atoms with Crippen LogP contribution in [0.1, 0.15) is 42.3 Å². The van der Waals surface area contributed by atoms with Crippen molar-refractivity contribution in [2.24, 2.45) is 0 Å². The number of rotatable bonds is 8. The predicted octanol–water partition coefficient (Wildman–Crippen LogP) is 5.21. The summed E-state index contributed by atoms with van der Waals surface area (Å²) in [5.41, 5.74) is 7.43. The van der Waals surface area contributed by atoms with Crippen LogP contribution < -0.4 is 20.3 Å². The predicted molar refractivity (Wildman–Crippen MR) is 136 cm³/mol. The van der Waals surface area contributed by atoms with Crippen LogP contribution in [-0.4, -0.2) is 25.0 Å². The summed E-state index contributed by atoms with van der Waals surface area (Å²) >= 11 is 3.49. The molecule has 0 atom stereocenters. The molecule has 178 valence electrons. The molecule has 0 aliphatic rings. The molecule has 0 aliphatic heterocycles. The number of hydrazine groups is 1. The van der Waals surface area contributed by atoms with Crippen molar-refractivity contribution < 1.29 is 19.1 Å². The Morgan fingerprint density at radius 3 is 2.26 bits per heavy atom. The lowest BCUT2D eigenvalue weighted by Gasteiger charge is -2.20. The Balaban J connectivity index is 1.49. The third kappa shape index (κ3) is 7.35. The van der Waals surface area contributed by atoms with Gasteiger partial charge in [0.05, 0.1) is 16.6 Å². The highest BCUT2D eigenvalue weighted by Gasteiger charge is 2.16. The average Bonchev–Trinajstić information content (AvgIpc) is 2.82. The van der Waals surface area contributed by atoms with E-state index in [0.717, 1.165) is 22.0 Å². The van der Waals surface area contributed by atoms with Crippen molar-refractivity contribution in [3.8, 4) is 11.5 Å². The van der Waals surface area contributed by atoms with E-state index in [4.69, 9.17) is 9.47 Å². The van der Waals surface area contributed by atoms with Crippen LogP contribution in [0.2, 0.25) is 0 Å². The van der Waals surface area contributed by atoms with Crippen LogP contribution in [0.3, 0.4) is 0 Å². The van der Waals surface area contributed by atoms with Crippen LogP contribution >= 0.6 is 15.9 Å². The fourth-order valence-electron chi connectivity index (χ4n) is 3.16. The van der Waals surface area contributed by atoms with E-state index in [-0.39, 0.29) is 12.0 Å². The molecule has 0 aliphatic carbocycles. The molecule has 0 heterocycles. The van der Waals surface area contributed by atoms with Crippen molar-refractivity contribution in [2.75, 3.05) is 13.2 Å². The number of amides is 2. The fourth-order valence-corrected chi connectivity index (χ4v) is 3.65. The molecule has 0 aromatic heterocycles. The van der Waals surface area contributed by atoms with Gasteiger partial charge in [-0.15, -0.1) is 0 Å². The van der Waals surface area contributed by atoms with Gasteiger partial charge in [-0.2, -0.15) is 0 Å². The highest BCUT2D eigenvalue weighted by molar-refractivity contribution is 9.10. The zero-order valence-electron chi connectivity index (χ0n) is 19.6. The molecule has 0 saturated carbocycles. The van der Waals surface area contributed by atoms with Crippen molar-refractivity contribution in [3.63, 3.8) is 0 Å². The number of halogens is 1. The number of nitrogens with one attached hydrogen (secondary N) is 2. The topological polar surface area (TPSA) is 76.7 Å². The van der Waals surface area contributed by atoms with Crippen LogP contribution in [0.5, 0.6) is 11.5 Å². The molecular weight excluding hydrogens is 496 g/mol. The van der Waals surface area contributed by atoms with Crippen LogP contribution in [-0.2, 0) is 16.6 Å². The van der Waals surface area contributed by atoms with Gasteiger partial charge in [0.15, 0.2) is 6.61 Å². The Morgan fingerprint density at radius 2 is 1.56 bits per heavy atom. The zero-order chi connectivity index (χ0) is 24.6. The third-order valence-electron chi connectivity index (χ3n) is 5.09. The van der Waals surface area contributed by atoms with Crippen LogP contribution in [0, 0.1) is 0 Å². The Bertz CT molecular complexity index is 1130. The number of para-hydroxylation sites is 1. The molecule has 0 bridgehead atoms. The van der Waals surface area contributed by atoms with Gasteiger partial charge in [0.25, 0.3) is 11.8 Å². The standard InChI is InChI=1S/C27H29BrN2O4/c1-27(2,3)20-13-14-24(22(28)17-20)34-18-25(31)29-30-26(32)21-11-7-8-12-23(21)33-16-15-19-9-5-4-6-10-19/h4-14,17H,15-16,18H2,1-3H3,(H,29,31)(H,30,32). The molecule has 0 radical (unpaired) electrons. The van der Waals surface area contributed by atoms with E-state index in [2.05, 4.69) is 47.6 Å². The Labute approximate surface area is 208 Å². The number of carbonyl (C=O) groups excluding carboxylic acids is 2. The summed E-state index contributed by atoms with van der Waals surface area (Å²) in [5.74, 6) is 0.0398. The Morgan fingerprint density at radius 1 is 0.853 bits per heavy atom. The molecular formula is C27H29BrN2O4. The molecule has 2 amide bonds. The van der Waals surface area contributed by atoms with Crippen molar-refractivity contribution in [1.82, 2.24) is 10.9 Å².